The summed E-state index contributed by atoms with van der Waals surface area (Å²) >= 11 is 0. The Balaban J connectivity index is 2.22. The standard InChI is InChI=1S/C19H23FN2O2/c1-11-17(14(4)23)12(2)21-18(11)19(24)13(3)22(5)10-15-8-6-7-9-16(15)20/h6-9,13,21H,10H2,1-5H3/t13-/m0/s1. The third-order valence-electron chi connectivity index (χ3n) is 4.45. The number of nitrogens with one attached hydrogen (secondary N) is 1. The quantitative estimate of drug-likeness (QED) is 0.822. The minimum Gasteiger partial charge on any atom is -0.355 e. The van der Waals surface area contributed by atoms with Crippen LogP contribution >= 0.6 is 0 Å². The highest BCUT2D eigenvalue weighted by Crippen LogP contribution is 2.21. The molecule has 1 atom stereocenters. The number of aromatic nitrogens is 1. The van der Waals surface area contributed by atoms with Gasteiger partial charge in [0.2, 0.25) is 0 Å². The molecule has 2 rings (SSSR count). The molecular weight excluding hydrogens is 307 g/mol. The van der Waals surface area contributed by atoms with Gasteiger partial charge in [0.1, 0.15) is 5.82 Å². The Morgan fingerprint density at radius 2 is 1.88 bits per heavy atom. The predicted molar refractivity (Wildman–Crippen MR) is 91.9 cm³/mol. The minimum absolute atomic E-state index is 0.0623. The van der Waals surface area contributed by atoms with Gasteiger partial charge in [0.05, 0.1) is 11.7 Å². The first-order valence-corrected chi connectivity index (χ1v) is 7.92. The molecule has 1 heterocycles. The number of carbonyl (C=O) groups is 2. The third-order valence-corrected chi connectivity index (χ3v) is 4.45. The first-order valence-electron chi connectivity index (χ1n) is 7.92. The van der Waals surface area contributed by atoms with E-state index in [9.17, 15) is 14.0 Å². The number of benzene rings is 1. The fourth-order valence-corrected chi connectivity index (χ4v) is 2.97. The SMILES string of the molecule is CC(=O)c1c(C)[nH]c(C(=O)[C@H](C)N(C)Cc2ccccc2F)c1C. The monoisotopic (exact) mass is 330 g/mol. The lowest BCUT2D eigenvalue weighted by Gasteiger charge is -2.23. The fraction of sp³-hybridized carbons (Fsp3) is 0.368. The smallest absolute Gasteiger partial charge is 0.196 e. The lowest BCUT2D eigenvalue weighted by molar-refractivity contribution is 0.0855. The van der Waals surface area contributed by atoms with Crippen molar-refractivity contribution in [1.29, 1.82) is 0 Å². The van der Waals surface area contributed by atoms with Crippen molar-refractivity contribution in [2.45, 2.75) is 40.3 Å². The van der Waals surface area contributed by atoms with Crippen LogP contribution in [0.4, 0.5) is 4.39 Å². The molecule has 24 heavy (non-hydrogen) atoms. The number of aryl methyl sites for hydroxylation is 1. The Labute approximate surface area is 141 Å². The summed E-state index contributed by atoms with van der Waals surface area (Å²) in [6, 6.07) is 6.09. The van der Waals surface area contributed by atoms with Gasteiger partial charge in [-0.15, -0.1) is 0 Å². The number of hydrogen-bond donors (Lipinski definition) is 1. The third kappa shape index (κ3) is 3.46. The minimum atomic E-state index is -0.443. The van der Waals surface area contributed by atoms with E-state index in [2.05, 4.69) is 4.98 Å². The van der Waals surface area contributed by atoms with Gasteiger partial charge in [0, 0.05) is 23.4 Å². The Kier molecular flexibility index (Phi) is 5.34. The summed E-state index contributed by atoms with van der Waals surface area (Å²) in [6.07, 6.45) is 0. The zero-order valence-electron chi connectivity index (χ0n) is 14.7. The molecule has 0 saturated heterocycles. The molecule has 0 aliphatic heterocycles. The number of Topliss-reactive ketones (excluding diaryl/α,β-unsaturated/α-hetero) is 2. The van der Waals surface area contributed by atoms with Crippen molar-refractivity contribution < 1.29 is 14.0 Å². The Bertz CT molecular complexity index is 780. The molecule has 0 unspecified atom stereocenters. The molecule has 4 nitrogen and oxygen atoms in total. The molecule has 0 fully saturated rings. The van der Waals surface area contributed by atoms with Gasteiger partial charge in [-0.2, -0.15) is 0 Å². The van der Waals surface area contributed by atoms with E-state index in [1.165, 1.54) is 13.0 Å². The van der Waals surface area contributed by atoms with E-state index in [1.54, 1.807) is 50.9 Å². The van der Waals surface area contributed by atoms with Crippen LogP contribution in [-0.2, 0) is 6.54 Å². The number of nitrogens with zero attached hydrogens (tertiary/aromatic N) is 1. The number of halogens is 1. The summed E-state index contributed by atoms with van der Waals surface area (Å²) in [5.74, 6) is -0.454. The summed E-state index contributed by atoms with van der Waals surface area (Å²) in [6.45, 7) is 7.17. The van der Waals surface area contributed by atoms with Crippen molar-refractivity contribution >= 4 is 11.6 Å². The number of ketones is 2. The Hall–Kier alpha value is -2.27. The zero-order chi connectivity index (χ0) is 18.0. The van der Waals surface area contributed by atoms with E-state index < -0.39 is 6.04 Å². The second-order valence-corrected chi connectivity index (χ2v) is 6.23. The molecule has 2 aromatic rings. The molecule has 0 aliphatic rings. The van der Waals surface area contributed by atoms with Crippen LogP contribution in [0.3, 0.4) is 0 Å². The van der Waals surface area contributed by atoms with Crippen LogP contribution in [-0.4, -0.2) is 34.5 Å². The highest BCUT2D eigenvalue weighted by Gasteiger charge is 2.26. The van der Waals surface area contributed by atoms with Crippen molar-refractivity contribution in [3.05, 3.63) is 58.2 Å². The largest absolute Gasteiger partial charge is 0.355 e. The van der Waals surface area contributed by atoms with Gasteiger partial charge < -0.3 is 4.98 Å². The van der Waals surface area contributed by atoms with Gasteiger partial charge in [-0.1, -0.05) is 18.2 Å². The van der Waals surface area contributed by atoms with Crippen molar-refractivity contribution in [3.63, 3.8) is 0 Å². The van der Waals surface area contributed by atoms with E-state index >= 15 is 0 Å². The number of likely N-dealkylation sites (N-methyl/N-ethyl adjacent to an activating group) is 1. The van der Waals surface area contributed by atoms with E-state index in [4.69, 9.17) is 0 Å². The van der Waals surface area contributed by atoms with Gasteiger partial charge in [0.25, 0.3) is 0 Å². The normalized spacial score (nSPS) is 12.5. The lowest BCUT2D eigenvalue weighted by Crippen LogP contribution is -2.36. The van der Waals surface area contributed by atoms with Crippen molar-refractivity contribution in [2.24, 2.45) is 0 Å². The molecule has 0 amide bonds. The van der Waals surface area contributed by atoms with E-state index in [0.717, 1.165) is 0 Å². The van der Waals surface area contributed by atoms with Crippen molar-refractivity contribution in [1.82, 2.24) is 9.88 Å². The lowest BCUT2D eigenvalue weighted by atomic mass is 10.0. The molecule has 0 radical (unpaired) electrons. The fourth-order valence-electron chi connectivity index (χ4n) is 2.97. The Morgan fingerprint density at radius 3 is 2.42 bits per heavy atom. The summed E-state index contributed by atoms with van der Waals surface area (Å²) in [7, 11) is 1.78. The molecule has 0 aliphatic carbocycles. The number of carbonyl (C=O) groups excluding carboxylic acids is 2. The maximum atomic E-state index is 13.8. The highest BCUT2D eigenvalue weighted by atomic mass is 19.1. The summed E-state index contributed by atoms with van der Waals surface area (Å²) in [5, 5.41) is 0. The number of rotatable bonds is 6. The molecule has 0 spiro atoms. The van der Waals surface area contributed by atoms with Crippen molar-refractivity contribution in [2.75, 3.05) is 7.05 Å². The van der Waals surface area contributed by atoms with E-state index in [-0.39, 0.29) is 17.4 Å². The first-order chi connectivity index (χ1) is 11.2. The van der Waals surface area contributed by atoms with Crippen LogP contribution in [0.5, 0.6) is 0 Å². The van der Waals surface area contributed by atoms with Gasteiger partial charge in [0.15, 0.2) is 11.6 Å². The average Bonchev–Trinajstić information content (AvgIpc) is 2.82. The van der Waals surface area contributed by atoms with Gasteiger partial charge in [-0.05, 0) is 46.4 Å². The second-order valence-electron chi connectivity index (χ2n) is 6.23. The first kappa shape index (κ1) is 18.1. The van der Waals surface area contributed by atoms with E-state index in [1.807, 2.05) is 0 Å². The summed E-state index contributed by atoms with van der Waals surface area (Å²) < 4.78 is 13.8. The maximum Gasteiger partial charge on any atom is 0.196 e. The van der Waals surface area contributed by atoms with Gasteiger partial charge in [-0.3, -0.25) is 14.5 Å². The number of hydrogen-bond acceptors (Lipinski definition) is 3. The van der Waals surface area contributed by atoms with Crippen LogP contribution in [0.1, 0.15) is 51.5 Å². The predicted octanol–water partition coefficient (Wildman–Crippen LogP) is 3.68. The van der Waals surface area contributed by atoms with Crippen LogP contribution in [0.2, 0.25) is 0 Å². The van der Waals surface area contributed by atoms with Crippen molar-refractivity contribution in [3.8, 4) is 0 Å². The molecular formula is C19H23FN2O2. The molecule has 5 heteroatoms. The molecule has 128 valence electrons. The molecule has 1 aromatic heterocycles. The topological polar surface area (TPSA) is 53.2 Å². The van der Waals surface area contributed by atoms with Gasteiger partial charge in [-0.25, -0.2) is 4.39 Å². The second kappa shape index (κ2) is 7.09. The van der Waals surface area contributed by atoms with Crippen LogP contribution in [0.15, 0.2) is 24.3 Å². The average molecular weight is 330 g/mol. The summed E-state index contributed by atoms with van der Waals surface area (Å²) in [5.41, 5.74) is 2.94. The summed E-state index contributed by atoms with van der Waals surface area (Å²) in [4.78, 5) is 29.3. The molecule has 1 aromatic carbocycles. The number of H-pyrrole nitrogens is 1. The Morgan fingerprint density at radius 1 is 1.25 bits per heavy atom. The van der Waals surface area contributed by atoms with E-state index in [0.29, 0.717) is 34.6 Å². The highest BCUT2D eigenvalue weighted by molar-refractivity contribution is 6.05. The molecule has 0 saturated carbocycles. The zero-order valence-corrected chi connectivity index (χ0v) is 14.7. The molecule has 1 N–H and O–H groups in total. The van der Waals surface area contributed by atoms with Crippen LogP contribution in [0.25, 0.3) is 0 Å². The van der Waals surface area contributed by atoms with Crippen LogP contribution in [0, 0.1) is 19.7 Å². The maximum absolute atomic E-state index is 13.8. The van der Waals surface area contributed by atoms with Gasteiger partial charge >= 0.3 is 0 Å². The molecule has 0 bridgehead atoms. The van der Waals surface area contributed by atoms with Crippen LogP contribution < -0.4 is 0 Å². The number of aromatic amines is 1.